The molecule has 0 fully saturated rings. The van der Waals surface area contributed by atoms with Gasteiger partial charge in [-0.05, 0) is 6.92 Å². The van der Waals surface area contributed by atoms with E-state index in [0.29, 0.717) is 11.3 Å². The summed E-state index contributed by atoms with van der Waals surface area (Å²) in [6.45, 7) is 0.0159. The molecule has 0 atom stereocenters. The van der Waals surface area contributed by atoms with E-state index in [1.807, 2.05) is 0 Å². The Morgan fingerprint density at radius 2 is 2.05 bits per heavy atom. The van der Waals surface area contributed by atoms with Crippen molar-refractivity contribution in [3.8, 4) is 0 Å². The molecule has 0 spiro atoms. The van der Waals surface area contributed by atoms with Gasteiger partial charge in [0.15, 0.2) is 4.34 Å². The Kier molecular flexibility index (Phi) is 4.87. The Balaban J connectivity index is 3.15. The number of halogens is 1. The zero-order valence-electron chi connectivity index (χ0n) is 9.66. The smallest absolute Gasteiger partial charge is 0.300 e. The molecule has 0 amide bonds. The van der Waals surface area contributed by atoms with Crippen molar-refractivity contribution in [1.82, 2.24) is 4.72 Å². The molecule has 0 aliphatic heterocycles. The quantitative estimate of drug-likeness (QED) is 0.509. The molecule has 1 aromatic heterocycles. The van der Waals surface area contributed by atoms with Crippen LogP contribution in [0, 0.1) is 10.1 Å². The van der Waals surface area contributed by atoms with Crippen molar-refractivity contribution in [3.63, 3.8) is 0 Å². The number of sulfonamides is 1. The lowest BCUT2D eigenvalue weighted by atomic mass is 10.1. The fourth-order valence-electron chi connectivity index (χ4n) is 1.08. The van der Waals surface area contributed by atoms with Gasteiger partial charge in [0.1, 0.15) is 4.21 Å². The van der Waals surface area contributed by atoms with E-state index < -0.39 is 39.4 Å². The molecular weight excluding hydrogens is 320 g/mol. The molecule has 0 aromatic carbocycles. The maximum Gasteiger partial charge on any atom is 0.300 e. The molecule has 0 aliphatic rings. The van der Waals surface area contributed by atoms with Gasteiger partial charge in [-0.2, -0.15) is 4.72 Å². The summed E-state index contributed by atoms with van der Waals surface area (Å²) in [6.07, 6.45) is 0. The van der Waals surface area contributed by atoms with E-state index in [0.717, 1.165) is 6.07 Å². The van der Waals surface area contributed by atoms with Gasteiger partial charge < -0.3 is 10.2 Å². The predicted molar refractivity (Wildman–Crippen MR) is 68.9 cm³/mol. The van der Waals surface area contributed by atoms with E-state index in [4.69, 9.17) is 21.8 Å². The first-order chi connectivity index (χ1) is 8.65. The van der Waals surface area contributed by atoms with Crippen LogP contribution < -0.4 is 4.72 Å². The summed E-state index contributed by atoms with van der Waals surface area (Å²) in [5.74, 6) is 0. The van der Waals surface area contributed by atoms with E-state index in [1.54, 1.807) is 0 Å². The largest absolute Gasteiger partial charge is 0.394 e. The number of nitrogens with zero attached hydrogens (tertiary/aromatic N) is 1. The zero-order chi connectivity index (χ0) is 14.8. The molecule has 1 heterocycles. The van der Waals surface area contributed by atoms with Gasteiger partial charge in [0.05, 0.1) is 23.7 Å². The Morgan fingerprint density at radius 3 is 2.42 bits per heavy atom. The van der Waals surface area contributed by atoms with Crippen LogP contribution in [-0.4, -0.2) is 42.3 Å². The molecule has 0 saturated carbocycles. The second-order valence-electron chi connectivity index (χ2n) is 3.96. The summed E-state index contributed by atoms with van der Waals surface area (Å²) in [5.41, 5.74) is -1.98. The van der Waals surface area contributed by atoms with Crippen molar-refractivity contribution < 1.29 is 23.6 Å². The molecule has 1 aromatic rings. The van der Waals surface area contributed by atoms with Crippen LogP contribution in [0.15, 0.2) is 10.3 Å². The highest BCUT2D eigenvalue weighted by atomic mass is 35.5. The number of aliphatic hydroxyl groups is 2. The van der Waals surface area contributed by atoms with Gasteiger partial charge in [0, 0.05) is 6.07 Å². The van der Waals surface area contributed by atoms with Crippen LogP contribution in [0.5, 0.6) is 0 Å². The van der Waals surface area contributed by atoms with Crippen LogP contribution in [0.4, 0.5) is 5.69 Å². The highest BCUT2D eigenvalue weighted by molar-refractivity contribution is 7.91. The van der Waals surface area contributed by atoms with Crippen molar-refractivity contribution in [3.05, 3.63) is 20.5 Å². The maximum atomic E-state index is 11.9. The molecule has 19 heavy (non-hydrogen) atoms. The molecule has 108 valence electrons. The van der Waals surface area contributed by atoms with Gasteiger partial charge >= 0.3 is 0 Å². The molecule has 0 saturated heterocycles. The van der Waals surface area contributed by atoms with Gasteiger partial charge in [-0.3, -0.25) is 10.1 Å². The number of hydrogen-bond donors (Lipinski definition) is 3. The van der Waals surface area contributed by atoms with Crippen LogP contribution >= 0.6 is 22.9 Å². The Bertz CT molecular complexity index is 580. The second kappa shape index (κ2) is 5.69. The standard InChI is InChI=1S/C8H11ClN2O6S2/c1-8(3-12,4-13)10-19(16,17)6-2-5(11(14)15)7(9)18-6/h2,10,12-13H,3-4H2,1H3. The minimum absolute atomic E-state index is 0.264. The molecule has 1 rings (SSSR count). The third kappa shape index (κ3) is 3.61. The van der Waals surface area contributed by atoms with Crippen LogP contribution in [0.3, 0.4) is 0 Å². The van der Waals surface area contributed by atoms with Gasteiger partial charge in [-0.15, -0.1) is 11.3 Å². The van der Waals surface area contributed by atoms with Crippen molar-refractivity contribution in [2.24, 2.45) is 0 Å². The topological polar surface area (TPSA) is 130 Å². The van der Waals surface area contributed by atoms with Gasteiger partial charge in [0.2, 0.25) is 0 Å². The third-order valence-electron chi connectivity index (χ3n) is 2.19. The van der Waals surface area contributed by atoms with E-state index in [-0.39, 0.29) is 8.55 Å². The fourth-order valence-corrected chi connectivity index (χ4v) is 4.14. The number of nitro groups is 1. The van der Waals surface area contributed by atoms with Gasteiger partial charge in [-0.25, -0.2) is 8.42 Å². The van der Waals surface area contributed by atoms with Gasteiger partial charge in [-0.1, -0.05) is 11.6 Å². The molecule has 0 radical (unpaired) electrons. The first kappa shape index (κ1) is 16.3. The molecule has 0 aliphatic carbocycles. The summed E-state index contributed by atoms with van der Waals surface area (Å²) < 4.78 is 25.3. The lowest BCUT2D eigenvalue weighted by molar-refractivity contribution is -0.384. The maximum absolute atomic E-state index is 11.9. The minimum Gasteiger partial charge on any atom is -0.394 e. The van der Waals surface area contributed by atoms with Gasteiger partial charge in [0.25, 0.3) is 15.7 Å². The van der Waals surface area contributed by atoms with Crippen LogP contribution in [-0.2, 0) is 10.0 Å². The second-order valence-corrected chi connectivity index (χ2v) is 7.53. The predicted octanol–water partition coefficient (Wildman–Crippen LogP) is 0.331. The summed E-state index contributed by atoms with van der Waals surface area (Å²) in [6, 6.07) is 0.824. The highest BCUT2D eigenvalue weighted by Crippen LogP contribution is 2.36. The molecular formula is C8H11ClN2O6S2. The van der Waals surface area contributed by atoms with E-state index >= 15 is 0 Å². The van der Waals surface area contributed by atoms with Crippen LogP contribution in [0.1, 0.15) is 6.92 Å². The average Bonchev–Trinajstić information content (AvgIpc) is 2.71. The average molecular weight is 331 g/mol. The summed E-state index contributed by atoms with van der Waals surface area (Å²) in [7, 11) is -4.12. The molecule has 0 unspecified atom stereocenters. The van der Waals surface area contributed by atoms with Crippen molar-refractivity contribution in [1.29, 1.82) is 0 Å². The Hall–Kier alpha value is -0.780. The molecule has 0 bridgehead atoms. The summed E-state index contributed by atoms with van der Waals surface area (Å²) >= 11 is 6.09. The number of rotatable bonds is 6. The first-order valence-corrected chi connectivity index (χ1v) is 7.52. The monoisotopic (exact) mass is 330 g/mol. The molecule has 8 nitrogen and oxygen atoms in total. The van der Waals surface area contributed by atoms with E-state index in [9.17, 15) is 18.5 Å². The number of aliphatic hydroxyl groups excluding tert-OH is 2. The zero-order valence-corrected chi connectivity index (χ0v) is 12.0. The van der Waals surface area contributed by atoms with E-state index in [1.165, 1.54) is 6.92 Å². The van der Waals surface area contributed by atoms with Crippen LogP contribution in [0.2, 0.25) is 4.34 Å². The Labute approximate surface area is 117 Å². The molecule has 11 heteroatoms. The van der Waals surface area contributed by atoms with Crippen LogP contribution in [0.25, 0.3) is 0 Å². The minimum atomic E-state index is -4.12. The fraction of sp³-hybridized carbons (Fsp3) is 0.500. The number of nitrogens with one attached hydrogen (secondary N) is 1. The number of thiophene rings is 1. The van der Waals surface area contributed by atoms with Crippen molar-refractivity contribution in [2.75, 3.05) is 13.2 Å². The lowest BCUT2D eigenvalue weighted by Crippen LogP contribution is -2.51. The lowest BCUT2D eigenvalue weighted by Gasteiger charge is -2.25. The highest BCUT2D eigenvalue weighted by Gasteiger charge is 2.32. The first-order valence-electron chi connectivity index (χ1n) is 4.84. The van der Waals surface area contributed by atoms with E-state index in [2.05, 4.69) is 4.72 Å². The third-order valence-corrected chi connectivity index (χ3v) is 5.64. The van der Waals surface area contributed by atoms with Crippen molar-refractivity contribution >= 4 is 38.6 Å². The normalized spacial score (nSPS) is 12.6. The Morgan fingerprint density at radius 1 is 1.53 bits per heavy atom. The summed E-state index contributed by atoms with van der Waals surface area (Å²) in [5, 5.41) is 28.6. The summed E-state index contributed by atoms with van der Waals surface area (Å²) in [4.78, 5) is 9.80. The SMILES string of the molecule is CC(CO)(CO)NS(=O)(=O)c1cc([N+](=O)[O-])c(Cl)s1. The van der Waals surface area contributed by atoms with Crippen molar-refractivity contribution in [2.45, 2.75) is 16.7 Å². The number of hydrogen-bond acceptors (Lipinski definition) is 7. The molecule has 3 N–H and O–H groups in total.